The number of hydrogen-bond acceptors (Lipinski definition) is 1. The molecule has 9 aromatic carbocycles. The molecule has 1 nitrogen and oxygen atoms in total. The maximum absolute atomic E-state index is 2.51. The molecule has 4 aliphatic carbocycles. The fourth-order valence-corrected chi connectivity index (χ4v) is 13.4. The van der Waals surface area contributed by atoms with Crippen molar-refractivity contribution in [2.45, 2.75) is 56.3 Å². The van der Waals surface area contributed by atoms with E-state index in [4.69, 9.17) is 0 Å². The minimum atomic E-state index is -0.426. The molecule has 2 fully saturated rings. The van der Waals surface area contributed by atoms with Crippen molar-refractivity contribution in [3.05, 3.63) is 234 Å². The van der Waals surface area contributed by atoms with Crippen LogP contribution in [0.5, 0.6) is 0 Å². The van der Waals surface area contributed by atoms with E-state index < -0.39 is 5.41 Å². The summed E-state index contributed by atoms with van der Waals surface area (Å²) < 4.78 is 0. The molecule has 2 unspecified atom stereocenters. The van der Waals surface area contributed by atoms with Crippen molar-refractivity contribution < 1.29 is 0 Å². The smallest absolute Gasteiger partial charge is 0.0726 e. The van der Waals surface area contributed by atoms with Gasteiger partial charge in [0, 0.05) is 16.9 Å². The van der Waals surface area contributed by atoms with Gasteiger partial charge in [0.2, 0.25) is 0 Å². The van der Waals surface area contributed by atoms with Crippen LogP contribution in [0.25, 0.3) is 55.3 Å². The Labute approximate surface area is 377 Å². The van der Waals surface area contributed by atoms with E-state index in [1.807, 2.05) is 0 Å². The van der Waals surface area contributed by atoms with Crippen LogP contribution >= 0.6 is 0 Å². The zero-order valence-corrected chi connectivity index (χ0v) is 36.5. The van der Waals surface area contributed by atoms with Gasteiger partial charge in [0.05, 0.1) is 11.1 Å². The van der Waals surface area contributed by atoms with Crippen LogP contribution in [0.1, 0.15) is 73.3 Å². The molecular formula is C63H51N. The van der Waals surface area contributed by atoms with E-state index in [1.54, 1.807) is 5.56 Å². The summed E-state index contributed by atoms with van der Waals surface area (Å²) in [5, 5.41) is 2.80. The lowest BCUT2D eigenvalue weighted by Gasteiger charge is -2.41. The predicted octanol–water partition coefficient (Wildman–Crippen LogP) is 16.8. The first-order valence-electron chi connectivity index (χ1n) is 23.7. The molecule has 9 aromatic rings. The second-order valence-corrected chi connectivity index (χ2v) is 19.2. The van der Waals surface area contributed by atoms with Crippen LogP contribution in [-0.4, -0.2) is 0 Å². The Morgan fingerprint density at radius 1 is 0.406 bits per heavy atom. The van der Waals surface area contributed by atoms with Crippen molar-refractivity contribution in [3.8, 4) is 44.5 Å². The normalized spacial score (nSPS) is 19.6. The Balaban J connectivity index is 0.985. The second kappa shape index (κ2) is 14.5. The molecule has 0 heterocycles. The van der Waals surface area contributed by atoms with Crippen LogP contribution < -0.4 is 4.90 Å². The van der Waals surface area contributed by atoms with Crippen molar-refractivity contribution >= 4 is 27.8 Å². The Morgan fingerprint density at radius 2 is 0.906 bits per heavy atom. The molecule has 3 atom stereocenters. The van der Waals surface area contributed by atoms with Crippen LogP contribution in [0, 0.1) is 11.8 Å². The molecule has 0 amide bonds. The Bertz CT molecular complexity index is 3190. The van der Waals surface area contributed by atoms with Gasteiger partial charge in [0.1, 0.15) is 0 Å². The maximum atomic E-state index is 2.51. The zero-order chi connectivity index (χ0) is 42.4. The van der Waals surface area contributed by atoms with Crippen LogP contribution in [0.2, 0.25) is 0 Å². The van der Waals surface area contributed by atoms with E-state index in [1.165, 1.54) is 116 Å². The second-order valence-electron chi connectivity index (χ2n) is 19.2. The summed E-state index contributed by atoms with van der Waals surface area (Å²) >= 11 is 0. The molecule has 0 aliphatic heterocycles. The number of benzene rings is 9. The van der Waals surface area contributed by atoms with Crippen molar-refractivity contribution in [1.29, 1.82) is 0 Å². The minimum Gasteiger partial charge on any atom is -0.310 e. The van der Waals surface area contributed by atoms with Gasteiger partial charge < -0.3 is 4.90 Å². The highest BCUT2D eigenvalue weighted by Crippen LogP contribution is 2.63. The van der Waals surface area contributed by atoms with E-state index >= 15 is 0 Å². The third-order valence-corrected chi connectivity index (χ3v) is 16.1. The van der Waals surface area contributed by atoms with E-state index in [9.17, 15) is 0 Å². The SMILES string of the molecule is CCC1(c2ccc(-c3ccc(N(c4ccc5c(c4)C4(c6ccccc6-c6ccccc64)c4ccccc4-5)c4ccccc4-c4ccccc4)cc3)c3ccccc23)CC2CC[C@@H](C2)C1. The van der Waals surface area contributed by atoms with Gasteiger partial charge in [-0.25, -0.2) is 0 Å². The highest BCUT2D eigenvalue weighted by Gasteiger charge is 2.52. The number of anilines is 3. The molecule has 64 heavy (non-hydrogen) atoms. The number of nitrogens with zero attached hydrogens (tertiary/aromatic N) is 1. The molecule has 1 heteroatoms. The average molecular weight is 822 g/mol. The molecule has 2 saturated carbocycles. The van der Waals surface area contributed by atoms with Gasteiger partial charge in [-0.3, -0.25) is 0 Å². The largest absolute Gasteiger partial charge is 0.310 e. The van der Waals surface area contributed by atoms with Gasteiger partial charge in [-0.15, -0.1) is 0 Å². The van der Waals surface area contributed by atoms with Gasteiger partial charge in [0.15, 0.2) is 0 Å². The van der Waals surface area contributed by atoms with Gasteiger partial charge in [-0.05, 0) is 151 Å². The van der Waals surface area contributed by atoms with E-state index in [0.717, 1.165) is 28.9 Å². The zero-order valence-electron chi connectivity index (χ0n) is 36.5. The summed E-state index contributed by atoms with van der Waals surface area (Å²) in [4.78, 5) is 2.50. The van der Waals surface area contributed by atoms with Gasteiger partial charge in [-0.2, -0.15) is 0 Å². The molecule has 0 aromatic heterocycles. The van der Waals surface area contributed by atoms with Gasteiger partial charge in [-0.1, -0.05) is 196 Å². The van der Waals surface area contributed by atoms with Crippen LogP contribution in [0.4, 0.5) is 17.1 Å². The molecule has 4 aliphatic rings. The maximum Gasteiger partial charge on any atom is 0.0726 e. The van der Waals surface area contributed by atoms with Gasteiger partial charge in [0.25, 0.3) is 0 Å². The van der Waals surface area contributed by atoms with Crippen molar-refractivity contribution in [3.63, 3.8) is 0 Å². The first-order chi connectivity index (χ1) is 31.6. The first kappa shape index (κ1) is 37.6. The molecular weight excluding hydrogens is 771 g/mol. The summed E-state index contributed by atoms with van der Waals surface area (Å²) in [5.74, 6) is 1.77. The molecule has 308 valence electrons. The lowest BCUT2D eigenvalue weighted by Crippen LogP contribution is -2.33. The Kier molecular flexibility index (Phi) is 8.54. The highest BCUT2D eigenvalue weighted by molar-refractivity contribution is 6.00. The number of fused-ring (bicyclic) bond motifs is 13. The third kappa shape index (κ3) is 5.43. The predicted molar refractivity (Wildman–Crippen MR) is 268 cm³/mol. The van der Waals surface area contributed by atoms with Crippen molar-refractivity contribution in [2.24, 2.45) is 11.8 Å². The number of hydrogen-bond donors (Lipinski definition) is 0. The molecule has 0 saturated heterocycles. The minimum absolute atomic E-state index is 0.275. The van der Waals surface area contributed by atoms with Crippen molar-refractivity contribution in [2.75, 3.05) is 4.90 Å². The number of para-hydroxylation sites is 1. The summed E-state index contributed by atoms with van der Waals surface area (Å²) in [7, 11) is 0. The van der Waals surface area contributed by atoms with Gasteiger partial charge >= 0.3 is 0 Å². The summed E-state index contributed by atoms with van der Waals surface area (Å²) in [6.07, 6.45) is 8.18. The van der Waals surface area contributed by atoms with Crippen molar-refractivity contribution in [1.82, 2.24) is 0 Å². The standard InChI is InChI=1S/C63H51N/c1-2-62(40-42-28-29-43(38-42)41-62)56-37-36-48(50-19-6-7-20-51(50)56)45-30-32-46(33-31-45)64(61-27-15-11-18-49(61)44-16-4-3-5-17-44)47-34-35-55-54-23-10-14-26-59(54)63(60(55)39-47)57-24-12-8-21-52(57)53-22-9-13-25-58(53)63/h3-27,30-37,39,42-43H,2,28-29,38,40-41H2,1H3/t42-,43?,62?/m0/s1. The summed E-state index contributed by atoms with van der Waals surface area (Å²) in [6, 6.07) is 78.0. The van der Waals surface area contributed by atoms with Crippen LogP contribution in [-0.2, 0) is 10.8 Å². The Hall–Kier alpha value is -6.96. The molecule has 13 rings (SSSR count). The van der Waals surface area contributed by atoms with E-state index in [0.29, 0.717) is 0 Å². The highest BCUT2D eigenvalue weighted by atomic mass is 15.1. The lowest BCUT2D eigenvalue weighted by atomic mass is 9.63. The molecule has 0 N–H and O–H groups in total. The molecule has 0 radical (unpaired) electrons. The lowest BCUT2D eigenvalue weighted by molar-refractivity contribution is 0.208. The topological polar surface area (TPSA) is 3.24 Å². The first-order valence-corrected chi connectivity index (χ1v) is 23.7. The summed E-state index contributed by atoms with van der Waals surface area (Å²) in [6.45, 7) is 2.44. The third-order valence-electron chi connectivity index (χ3n) is 16.1. The van der Waals surface area contributed by atoms with E-state index in [2.05, 4.69) is 218 Å². The summed E-state index contributed by atoms with van der Waals surface area (Å²) in [5.41, 5.74) is 20.5. The Morgan fingerprint density at radius 3 is 1.55 bits per heavy atom. The fourth-order valence-electron chi connectivity index (χ4n) is 13.4. The average Bonchev–Trinajstić information content (AvgIpc) is 3.98. The number of rotatable bonds is 7. The molecule has 2 bridgehead atoms. The van der Waals surface area contributed by atoms with E-state index in [-0.39, 0.29) is 5.41 Å². The monoisotopic (exact) mass is 821 g/mol. The molecule has 1 spiro atoms. The van der Waals surface area contributed by atoms with Crippen LogP contribution in [0.15, 0.2) is 206 Å². The fraction of sp³-hybridized carbons (Fsp3) is 0.175. The van der Waals surface area contributed by atoms with Crippen LogP contribution in [0.3, 0.4) is 0 Å². The quantitative estimate of drug-likeness (QED) is 0.155.